The van der Waals surface area contributed by atoms with Gasteiger partial charge in [-0.2, -0.15) is 0 Å². The van der Waals surface area contributed by atoms with Crippen LogP contribution in [0.25, 0.3) is 22.3 Å². The van der Waals surface area contributed by atoms with Crippen molar-refractivity contribution in [2.45, 2.75) is 13.8 Å². The van der Waals surface area contributed by atoms with Crippen LogP contribution in [0.2, 0.25) is 5.02 Å². The SMILES string of the molecule is CCOc1cc2oc(-c3ccc(NCCOCCOCCOCCO)cc3Cl)cc(=O)c2cc1C. The van der Waals surface area contributed by atoms with Crippen LogP contribution < -0.4 is 15.5 Å². The second kappa shape index (κ2) is 14.1. The number of aliphatic hydroxyl groups is 1. The van der Waals surface area contributed by atoms with Gasteiger partial charge >= 0.3 is 0 Å². The molecule has 0 aliphatic carbocycles. The highest BCUT2D eigenvalue weighted by Crippen LogP contribution is 2.32. The molecule has 0 radical (unpaired) electrons. The molecule has 0 amide bonds. The molecule has 1 aromatic heterocycles. The lowest BCUT2D eigenvalue weighted by Crippen LogP contribution is -2.14. The van der Waals surface area contributed by atoms with Gasteiger partial charge in [-0.15, -0.1) is 0 Å². The number of aliphatic hydroxyl groups excluding tert-OH is 1. The van der Waals surface area contributed by atoms with Gasteiger partial charge < -0.3 is 33.8 Å². The molecule has 2 N–H and O–H groups in total. The monoisotopic (exact) mass is 505 g/mol. The number of hydrogen-bond acceptors (Lipinski definition) is 8. The lowest BCUT2D eigenvalue weighted by molar-refractivity contribution is 0.00920. The van der Waals surface area contributed by atoms with E-state index in [4.69, 9.17) is 40.1 Å². The van der Waals surface area contributed by atoms with Gasteiger partial charge in [-0.3, -0.25) is 4.79 Å². The lowest BCUT2D eigenvalue weighted by Gasteiger charge is -2.11. The highest BCUT2D eigenvalue weighted by Gasteiger charge is 2.13. The van der Waals surface area contributed by atoms with Gasteiger partial charge in [-0.1, -0.05) is 11.6 Å². The molecule has 35 heavy (non-hydrogen) atoms. The van der Waals surface area contributed by atoms with Crippen molar-refractivity contribution in [1.29, 1.82) is 0 Å². The molecule has 0 spiro atoms. The number of rotatable bonds is 15. The largest absolute Gasteiger partial charge is 0.493 e. The molecule has 8 nitrogen and oxygen atoms in total. The van der Waals surface area contributed by atoms with Crippen molar-refractivity contribution >= 4 is 28.3 Å². The Balaban J connectivity index is 1.53. The Morgan fingerprint density at radius 3 is 2.37 bits per heavy atom. The molecule has 0 bridgehead atoms. The van der Waals surface area contributed by atoms with E-state index in [0.717, 1.165) is 11.3 Å². The zero-order valence-corrected chi connectivity index (χ0v) is 20.9. The lowest BCUT2D eigenvalue weighted by atomic mass is 10.1. The minimum Gasteiger partial charge on any atom is -0.493 e. The Morgan fingerprint density at radius 1 is 0.971 bits per heavy atom. The number of benzene rings is 2. The number of fused-ring (bicyclic) bond motifs is 1. The van der Waals surface area contributed by atoms with Gasteiger partial charge in [-0.05, 0) is 43.7 Å². The standard InChI is InChI=1S/C26H32ClNO7/c1-3-34-24-17-26-21(14-18(24)2)23(30)16-25(35-26)20-5-4-19(15-22(20)27)28-6-8-31-10-12-33-13-11-32-9-7-29/h4-5,14-17,28-29H,3,6-13H2,1-2H3. The minimum absolute atomic E-state index is 0.0133. The predicted octanol–water partition coefficient (Wildman–Crippen LogP) is 4.27. The van der Waals surface area contributed by atoms with Crippen LogP contribution in [0.15, 0.2) is 45.6 Å². The summed E-state index contributed by atoms with van der Waals surface area (Å²) in [5, 5.41) is 12.8. The number of halogens is 1. The maximum atomic E-state index is 12.7. The van der Waals surface area contributed by atoms with Crippen molar-refractivity contribution in [2.24, 2.45) is 0 Å². The Labute approximate surface area is 209 Å². The molecule has 0 aliphatic heterocycles. The highest BCUT2D eigenvalue weighted by atomic mass is 35.5. The average Bonchev–Trinajstić information content (AvgIpc) is 2.84. The molecule has 0 unspecified atom stereocenters. The first-order valence-electron chi connectivity index (χ1n) is 11.6. The molecule has 9 heteroatoms. The van der Waals surface area contributed by atoms with Gasteiger partial charge in [0, 0.05) is 29.9 Å². The first kappa shape index (κ1) is 27.0. The molecule has 0 fully saturated rings. The van der Waals surface area contributed by atoms with Gasteiger partial charge in [0.2, 0.25) is 0 Å². The van der Waals surface area contributed by atoms with Crippen LogP contribution in [-0.2, 0) is 14.2 Å². The number of nitrogens with one attached hydrogen (secondary N) is 1. The molecule has 2 aromatic carbocycles. The molecule has 0 saturated carbocycles. The van der Waals surface area contributed by atoms with Crippen molar-refractivity contribution in [3.05, 3.63) is 57.2 Å². The van der Waals surface area contributed by atoms with Gasteiger partial charge in [0.1, 0.15) is 17.1 Å². The van der Waals surface area contributed by atoms with Gasteiger partial charge in [0.15, 0.2) is 5.43 Å². The summed E-state index contributed by atoms with van der Waals surface area (Å²) in [6.45, 7) is 7.65. The Hall–Kier alpha value is -2.62. The Morgan fingerprint density at radius 2 is 1.69 bits per heavy atom. The van der Waals surface area contributed by atoms with Crippen molar-refractivity contribution in [3.8, 4) is 17.1 Å². The van der Waals surface area contributed by atoms with Crippen LogP contribution in [-0.4, -0.2) is 64.5 Å². The Bertz CT molecular complexity index is 1150. The quantitative estimate of drug-likeness (QED) is 0.295. The predicted molar refractivity (Wildman–Crippen MR) is 137 cm³/mol. The van der Waals surface area contributed by atoms with Gasteiger partial charge in [0.25, 0.3) is 0 Å². The second-order valence-corrected chi connectivity index (χ2v) is 8.11. The molecule has 190 valence electrons. The van der Waals surface area contributed by atoms with E-state index < -0.39 is 0 Å². The van der Waals surface area contributed by atoms with E-state index in [2.05, 4.69) is 5.32 Å². The molecule has 0 saturated heterocycles. The number of hydrogen-bond donors (Lipinski definition) is 2. The van der Waals surface area contributed by atoms with Crippen molar-refractivity contribution in [3.63, 3.8) is 0 Å². The van der Waals surface area contributed by atoms with Gasteiger partial charge in [0.05, 0.1) is 63.3 Å². The van der Waals surface area contributed by atoms with E-state index in [1.54, 1.807) is 18.2 Å². The van der Waals surface area contributed by atoms with Crippen molar-refractivity contribution in [2.75, 3.05) is 64.7 Å². The van der Waals surface area contributed by atoms with E-state index in [0.29, 0.717) is 85.9 Å². The fraction of sp³-hybridized carbons (Fsp3) is 0.423. The number of ether oxygens (including phenoxy) is 4. The van der Waals surface area contributed by atoms with Crippen LogP contribution in [0.4, 0.5) is 5.69 Å². The maximum Gasteiger partial charge on any atom is 0.193 e. The van der Waals surface area contributed by atoms with E-state index in [-0.39, 0.29) is 12.0 Å². The van der Waals surface area contributed by atoms with Crippen LogP contribution in [0, 0.1) is 6.92 Å². The van der Waals surface area contributed by atoms with Crippen molar-refractivity contribution in [1.82, 2.24) is 0 Å². The zero-order valence-electron chi connectivity index (χ0n) is 20.1. The number of aryl methyl sites for hydroxylation is 1. The Kier molecular flexibility index (Phi) is 10.8. The second-order valence-electron chi connectivity index (χ2n) is 7.70. The summed E-state index contributed by atoms with van der Waals surface area (Å²) < 4.78 is 27.7. The first-order chi connectivity index (χ1) is 17.0. The summed E-state index contributed by atoms with van der Waals surface area (Å²) in [6, 6.07) is 10.5. The molecule has 1 heterocycles. The molecule has 3 rings (SSSR count). The summed E-state index contributed by atoms with van der Waals surface area (Å²) in [4.78, 5) is 12.7. The minimum atomic E-state index is -0.135. The third-order valence-corrected chi connectivity index (χ3v) is 5.43. The summed E-state index contributed by atoms with van der Waals surface area (Å²) in [5.41, 5.74) is 2.67. The van der Waals surface area contributed by atoms with E-state index >= 15 is 0 Å². The van der Waals surface area contributed by atoms with Crippen LogP contribution in [0.5, 0.6) is 5.75 Å². The zero-order chi connectivity index (χ0) is 25.0. The fourth-order valence-corrected chi connectivity index (χ4v) is 3.71. The molecule has 0 aliphatic rings. The topological polar surface area (TPSA) is 99.4 Å². The third-order valence-electron chi connectivity index (χ3n) is 5.11. The molecule has 0 atom stereocenters. The van der Waals surface area contributed by atoms with E-state index in [9.17, 15) is 4.79 Å². The smallest absolute Gasteiger partial charge is 0.193 e. The van der Waals surface area contributed by atoms with Crippen LogP contribution >= 0.6 is 11.6 Å². The molecular weight excluding hydrogens is 474 g/mol. The molecule has 3 aromatic rings. The summed E-state index contributed by atoms with van der Waals surface area (Å²) in [7, 11) is 0. The van der Waals surface area contributed by atoms with Crippen molar-refractivity contribution < 1.29 is 28.5 Å². The fourth-order valence-electron chi connectivity index (χ4n) is 3.43. The van der Waals surface area contributed by atoms with Crippen LogP contribution in [0.3, 0.4) is 0 Å². The highest BCUT2D eigenvalue weighted by molar-refractivity contribution is 6.33. The normalized spacial score (nSPS) is 11.2. The first-order valence-corrected chi connectivity index (χ1v) is 12.0. The van der Waals surface area contributed by atoms with Crippen LogP contribution in [0.1, 0.15) is 12.5 Å². The van der Waals surface area contributed by atoms with Gasteiger partial charge in [-0.25, -0.2) is 0 Å². The van der Waals surface area contributed by atoms with E-state index in [1.165, 1.54) is 6.07 Å². The van der Waals surface area contributed by atoms with E-state index in [1.807, 2.05) is 26.0 Å². The summed E-state index contributed by atoms with van der Waals surface area (Å²) in [5.74, 6) is 1.09. The number of anilines is 1. The average molecular weight is 506 g/mol. The molecular formula is C26H32ClNO7. The summed E-state index contributed by atoms with van der Waals surface area (Å²) >= 11 is 6.52. The summed E-state index contributed by atoms with van der Waals surface area (Å²) in [6.07, 6.45) is 0. The maximum absolute atomic E-state index is 12.7. The third kappa shape index (κ3) is 7.95.